The number of fused-ring (bicyclic) bond motifs is 2. The molecule has 3 heterocycles. The van der Waals surface area contributed by atoms with Crippen molar-refractivity contribution in [1.29, 1.82) is 0 Å². The van der Waals surface area contributed by atoms with Crippen LogP contribution in [-0.4, -0.2) is 41.1 Å². The van der Waals surface area contributed by atoms with E-state index >= 15 is 0 Å². The summed E-state index contributed by atoms with van der Waals surface area (Å²) in [6, 6.07) is 8.52. The number of carbonyl (C=O) groups is 1. The van der Waals surface area contributed by atoms with Gasteiger partial charge >= 0.3 is 6.03 Å². The van der Waals surface area contributed by atoms with Gasteiger partial charge in [-0.2, -0.15) is 0 Å². The zero-order chi connectivity index (χ0) is 16.7. The highest BCUT2D eigenvalue weighted by molar-refractivity contribution is 7.12. The Balaban J connectivity index is 1.41. The van der Waals surface area contributed by atoms with Gasteiger partial charge in [-0.1, -0.05) is 23.7 Å². The van der Waals surface area contributed by atoms with Crippen LogP contribution >= 0.6 is 22.9 Å². The van der Waals surface area contributed by atoms with E-state index in [1.54, 1.807) is 11.3 Å². The molecule has 0 radical (unpaired) electrons. The summed E-state index contributed by atoms with van der Waals surface area (Å²) in [5.74, 6) is 0. The van der Waals surface area contributed by atoms with Crippen molar-refractivity contribution in [2.45, 2.75) is 32.0 Å². The number of hydrogen-bond acceptors (Lipinski definition) is 4. The minimum atomic E-state index is 0.0184. The molecule has 1 aromatic carbocycles. The Labute approximate surface area is 150 Å². The predicted octanol–water partition coefficient (Wildman–Crippen LogP) is 3.03. The Morgan fingerprint density at radius 1 is 1.46 bits per heavy atom. The molecule has 2 aromatic rings. The van der Waals surface area contributed by atoms with Gasteiger partial charge in [0.05, 0.1) is 12.2 Å². The summed E-state index contributed by atoms with van der Waals surface area (Å²) >= 11 is 7.57. The third-order valence-electron chi connectivity index (χ3n) is 4.67. The van der Waals surface area contributed by atoms with Gasteiger partial charge < -0.3 is 15.5 Å². The molecule has 0 spiro atoms. The molecule has 2 amide bonds. The highest BCUT2D eigenvalue weighted by atomic mass is 35.5. The van der Waals surface area contributed by atoms with Crippen molar-refractivity contribution >= 4 is 29.0 Å². The lowest BCUT2D eigenvalue weighted by Crippen LogP contribution is -2.50. The average molecular weight is 363 g/mol. The second-order valence-corrected chi connectivity index (χ2v) is 8.05. The lowest BCUT2D eigenvalue weighted by Gasteiger charge is -2.27. The number of aryl methyl sites for hydroxylation is 1. The topological polar surface area (TPSA) is 57.3 Å². The zero-order valence-corrected chi connectivity index (χ0v) is 15.0. The van der Waals surface area contributed by atoms with Crippen LogP contribution in [0, 0.1) is 6.92 Å². The molecule has 2 N–H and O–H groups in total. The van der Waals surface area contributed by atoms with E-state index < -0.39 is 0 Å². The van der Waals surface area contributed by atoms with Crippen molar-refractivity contribution in [1.82, 2.24) is 20.5 Å². The minimum Gasteiger partial charge on any atom is -0.331 e. The Morgan fingerprint density at radius 2 is 2.25 bits per heavy atom. The number of urea groups is 1. The van der Waals surface area contributed by atoms with Crippen molar-refractivity contribution in [2.24, 2.45) is 0 Å². The molecule has 2 bridgehead atoms. The molecule has 2 atom stereocenters. The maximum Gasteiger partial charge on any atom is 0.318 e. The number of aromatic nitrogens is 1. The van der Waals surface area contributed by atoms with Crippen LogP contribution in [0.3, 0.4) is 0 Å². The second-order valence-electron chi connectivity index (χ2n) is 6.33. The first-order valence-corrected chi connectivity index (χ1v) is 9.29. The monoisotopic (exact) mass is 362 g/mol. The SMILES string of the molecule is Cc1sc(CNC(=O)N2C[C@@H]3C[C@H]2CN3)nc1-c1ccc(Cl)cc1. The number of halogens is 1. The number of amides is 2. The van der Waals surface area contributed by atoms with Crippen LogP contribution < -0.4 is 10.6 Å². The first kappa shape index (κ1) is 15.9. The predicted molar refractivity (Wildman–Crippen MR) is 96.4 cm³/mol. The molecule has 126 valence electrons. The largest absolute Gasteiger partial charge is 0.331 e. The third-order valence-corrected chi connectivity index (χ3v) is 5.89. The molecule has 24 heavy (non-hydrogen) atoms. The first-order valence-electron chi connectivity index (χ1n) is 8.10. The molecular formula is C17H19ClN4OS. The molecular weight excluding hydrogens is 344 g/mol. The van der Waals surface area contributed by atoms with Gasteiger partial charge in [-0.15, -0.1) is 11.3 Å². The van der Waals surface area contributed by atoms with E-state index in [0.717, 1.165) is 40.7 Å². The van der Waals surface area contributed by atoms with E-state index in [2.05, 4.69) is 22.5 Å². The van der Waals surface area contributed by atoms with Gasteiger partial charge in [0.1, 0.15) is 5.01 Å². The van der Waals surface area contributed by atoms with Gasteiger partial charge in [0.2, 0.25) is 0 Å². The Morgan fingerprint density at radius 3 is 2.92 bits per heavy atom. The van der Waals surface area contributed by atoms with Gasteiger partial charge in [0, 0.05) is 40.6 Å². The molecule has 0 saturated carbocycles. The summed E-state index contributed by atoms with van der Waals surface area (Å²) in [6.07, 6.45) is 1.07. The average Bonchev–Trinajstić information content (AvgIpc) is 3.29. The van der Waals surface area contributed by atoms with E-state index in [1.807, 2.05) is 29.2 Å². The number of hydrogen-bond donors (Lipinski definition) is 2. The van der Waals surface area contributed by atoms with E-state index in [0.29, 0.717) is 23.7 Å². The summed E-state index contributed by atoms with van der Waals surface area (Å²) in [4.78, 5) is 20.1. The van der Waals surface area contributed by atoms with Gasteiger partial charge in [-0.3, -0.25) is 0 Å². The lowest BCUT2D eigenvalue weighted by atomic mass is 10.1. The Kier molecular flexibility index (Phi) is 4.20. The molecule has 7 heteroatoms. The molecule has 0 unspecified atom stereocenters. The third kappa shape index (κ3) is 3.01. The molecule has 0 aliphatic carbocycles. The maximum atomic E-state index is 12.4. The van der Waals surface area contributed by atoms with Gasteiger partial charge in [0.15, 0.2) is 0 Å². The van der Waals surface area contributed by atoms with E-state index in [9.17, 15) is 4.79 Å². The van der Waals surface area contributed by atoms with E-state index in [-0.39, 0.29) is 6.03 Å². The van der Waals surface area contributed by atoms with Gasteiger partial charge in [-0.05, 0) is 25.5 Å². The summed E-state index contributed by atoms with van der Waals surface area (Å²) < 4.78 is 0. The summed E-state index contributed by atoms with van der Waals surface area (Å²) in [7, 11) is 0. The van der Waals surface area contributed by atoms with E-state index in [4.69, 9.17) is 11.6 Å². The minimum absolute atomic E-state index is 0.0184. The number of thiazole rings is 1. The van der Waals surface area contributed by atoms with Crippen LogP contribution in [0.25, 0.3) is 11.3 Å². The lowest BCUT2D eigenvalue weighted by molar-refractivity contribution is 0.184. The number of nitrogens with one attached hydrogen (secondary N) is 2. The fraction of sp³-hybridized carbons (Fsp3) is 0.412. The summed E-state index contributed by atoms with van der Waals surface area (Å²) in [6.45, 7) is 4.25. The number of carbonyl (C=O) groups excluding carboxylic acids is 1. The second kappa shape index (κ2) is 6.35. The first-order chi connectivity index (χ1) is 11.6. The summed E-state index contributed by atoms with van der Waals surface area (Å²) in [5.41, 5.74) is 2.01. The summed E-state index contributed by atoms with van der Waals surface area (Å²) in [5, 5.41) is 8.06. The van der Waals surface area contributed by atoms with Gasteiger partial charge in [-0.25, -0.2) is 9.78 Å². The molecule has 5 nitrogen and oxygen atoms in total. The van der Waals surface area contributed by atoms with Crippen LogP contribution in [0.2, 0.25) is 5.02 Å². The van der Waals surface area contributed by atoms with Crippen molar-refractivity contribution in [2.75, 3.05) is 13.1 Å². The maximum absolute atomic E-state index is 12.4. The van der Waals surface area contributed by atoms with Crippen molar-refractivity contribution < 1.29 is 4.79 Å². The number of likely N-dealkylation sites (tertiary alicyclic amines) is 1. The molecule has 2 fully saturated rings. The van der Waals surface area contributed by atoms with Crippen LogP contribution in [0.4, 0.5) is 4.79 Å². The molecule has 2 aliphatic heterocycles. The molecule has 4 rings (SSSR count). The van der Waals surface area contributed by atoms with Crippen LogP contribution in [0.15, 0.2) is 24.3 Å². The zero-order valence-electron chi connectivity index (χ0n) is 13.4. The van der Waals surface area contributed by atoms with Crippen molar-refractivity contribution in [3.8, 4) is 11.3 Å². The fourth-order valence-electron chi connectivity index (χ4n) is 3.46. The highest BCUT2D eigenvalue weighted by Crippen LogP contribution is 2.28. The fourth-order valence-corrected chi connectivity index (χ4v) is 4.49. The number of piperazine rings is 1. The smallest absolute Gasteiger partial charge is 0.318 e. The van der Waals surface area contributed by atoms with Gasteiger partial charge in [0.25, 0.3) is 0 Å². The quantitative estimate of drug-likeness (QED) is 0.882. The molecule has 2 aliphatic rings. The van der Waals surface area contributed by atoms with Crippen LogP contribution in [0.1, 0.15) is 16.3 Å². The van der Waals surface area contributed by atoms with Crippen LogP contribution in [0.5, 0.6) is 0 Å². The van der Waals surface area contributed by atoms with Crippen molar-refractivity contribution in [3.63, 3.8) is 0 Å². The van der Waals surface area contributed by atoms with E-state index in [1.165, 1.54) is 0 Å². The standard InChI is InChI=1S/C17H19ClN4OS/c1-10-16(11-2-4-12(18)5-3-11)21-15(24-10)8-20-17(23)22-9-13-6-14(22)7-19-13/h2-5,13-14,19H,6-9H2,1H3,(H,20,23)/t13-,14-/m0/s1. The Hall–Kier alpha value is -1.63. The number of nitrogens with zero attached hydrogens (tertiary/aromatic N) is 2. The van der Waals surface area contributed by atoms with Crippen LogP contribution in [-0.2, 0) is 6.54 Å². The number of benzene rings is 1. The Bertz CT molecular complexity index is 760. The normalized spacial score (nSPS) is 22.2. The molecule has 2 saturated heterocycles. The highest BCUT2D eigenvalue weighted by Gasteiger charge is 2.39. The van der Waals surface area contributed by atoms with Crippen molar-refractivity contribution in [3.05, 3.63) is 39.2 Å². The molecule has 1 aromatic heterocycles. The number of rotatable bonds is 3.